The minimum absolute atomic E-state index is 0.0803. The number of nitrogens with zero attached hydrogens (tertiary/aromatic N) is 1. The summed E-state index contributed by atoms with van der Waals surface area (Å²) in [6.45, 7) is 6.60. The van der Waals surface area contributed by atoms with Gasteiger partial charge in [-0.1, -0.05) is 30.3 Å². The van der Waals surface area contributed by atoms with Crippen LogP contribution in [0.15, 0.2) is 52.9 Å². The Bertz CT molecular complexity index is 947. The second-order valence-electron chi connectivity index (χ2n) is 8.64. The molecule has 0 amide bonds. The topological polar surface area (TPSA) is 41.8 Å². The molecule has 0 aliphatic rings. The van der Waals surface area contributed by atoms with E-state index < -0.39 is 44.8 Å². The van der Waals surface area contributed by atoms with E-state index in [1.807, 2.05) is 20.8 Å². The van der Waals surface area contributed by atoms with Gasteiger partial charge in [0.05, 0.1) is 29.5 Å². The van der Waals surface area contributed by atoms with Crippen LogP contribution in [0.25, 0.3) is 0 Å². The molecule has 0 aromatic heterocycles. The summed E-state index contributed by atoms with van der Waals surface area (Å²) in [5, 5.41) is 0. The first-order valence-electron chi connectivity index (χ1n) is 9.97. The van der Waals surface area contributed by atoms with Gasteiger partial charge in [-0.05, 0) is 67.5 Å². The standard InChI is InChI=1S/C23H27F6NO2S/c1-15(17-11-18(22(24,25)26)13-19(12-17)23(27,28)29)32-14-20(16-9-7-6-8-10-16)30-33(5,31)21(2,3)4/h6-13,15,31H,14H2,1-5H3. The molecule has 2 unspecified atom stereocenters. The molecule has 3 nitrogen and oxygen atoms in total. The lowest BCUT2D eigenvalue weighted by Gasteiger charge is -2.39. The maximum Gasteiger partial charge on any atom is 0.416 e. The van der Waals surface area contributed by atoms with Crippen LogP contribution in [0.2, 0.25) is 0 Å². The van der Waals surface area contributed by atoms with Crippen LogP contribution in [0.3, 0.4) is 0 Å². The van der Waals surface area contributed by atoms with Gasteiger partial charge in [0.2, 0.25) is 0 Å². The molecule has 0 fully saturated rings. The molecule has 0 heterocycles. The van der Waals surface area contributed by atoms with Crippen molar-refractivity contribution < 1.29 is 35.6 Å². The normalized spacial score (nSPS) is 17.4. The van der Waals surface area contributed by atoms with E-state index in [0.717, 1.165) is 0 Å². The Balaban J connectivity index is 2.41. The third-order valence-electron chi connectivity index (χ3n) is 5.10. The van der Waals surface area contributed by atoms with Crippen molar-refractivity contribution in [3.8, 4) is 0 Å². The Morgan fingerprint density at radius 2 is 1.42 bits per heavy atom. The van der Waals surface area contributed by atoms with Crippen LogP contribution in [0.4, 0.5) is 26.3 Å². The number of hydrogen-bond donors (Lipinski definition) is 1. The maximum absolute atomic E-state index is 13.2. The zero-order valence-corrected chi connectivity index (χ0v) is 19.7. The molecule has 184 valence electrons. The molecule has 2 rings (SSSR count). The van der Waals surface area contributed by atoms with Crippen LogP contribution >= 0.6 is 10.5 Å². The highest BCUT2D eigenvalue weighted by atomic mass is 32.3. The summed E-state index contributed by atoms with van der Waals surface area (Å²) in [4.78, 5) is 0. The van der Waals surface area contributed by atoms with Gasteiger partial charge in [0, 0.05) is 11.0 Å². The maximum atomic E-state index is 13.2. The highest BCUT2D eigenvalue weighted by Crippen LogP contribution is 2.54. The minimum atomic E-state index is -4.94. The van der Waals surface area contributed by atoms with Gasteiger partial charge >= 0.3 is 12.4 Å². The molecule has 0 saturated carbocycles. The Hall–Kier alpha value is -2.04. The zero-order valence-electron chi connectivity index (χ0n) is 18.9. The molecule has 1 N–H and O–H groups in total. The summed E-state index contributed by atoms with van der Waals surface area (Å²) < 4.78 is 99.6. The molecule has 2 atom stereocenters. The first-order valence-corrected chi connectivity index (χ1v) is 11.9. The lowest BCUT2D eigenvalue weighted by molar-refractivity contribution is -0.143. The van der Waals surface area contributed by atoms with Gasteiger partial charge in [0.1, 0.15) is 0 Å². The van der Waals surface area contributed by atoms with E-state index in [4.69, 9.17) is 4.74 Å². The van der Waals surface area contributed by atoms with Crippen molar-refractivity contribution in [1.29, 1.82) is 0 Å². The zero-order chi connectivity index (χ0) is 25.2. The summed E-state index contributed by atoms with van der Waals surface area (Å²) >= 11 is 0. The SMILES string of the molecule is CC(OCC(=NS(C)(O)C(C)(C)C)c1ccccc1)c1cc(C(F)(F)F)cc(C(F)(F)F)c1. The highest BCUT2D eigenvalue weighted by Gasteiger charge is 2.37. The van der Waals surface area contributed by atoms with Crippen LogP contribution in [0, 0.1) is 0 Å². The Kier molecular flexibility index (Phi) is 7.98. The molecular weight excluding hydrogens is 468 g/mol. The molecule has 0 aliphatic carbocycles. The van der Waals surface area contributed by atoms with Crippen LogP contribution < -0.4 is 0 Å². The fourth-order valence-electron chi connectivity index (χ4n) is 2.66. The van der Waals surface area contributed by atoms with Crippen molar-refractivity contribution in [2.45, 2.75) is 50.9 Å². The summed E-state index contributed by atoms with van der Waals surface area (Å²) in [6, 6.07) is 10.1. The van der Waals surface area contributed by atoms with Crippen molar-refractivity contribution in [1.82, 2.24) is 0 Å². The predicted octanol–water partition coefficient (Wildman–Crippen LogP) is 7.91. The van der Waals surface area contributed by atoms with E-state index in [9.17, 15) is 30.9 Å². The van der Waals surface area contributed by atoms with E-state index >= 15 is 0 Å². The van der Waals surface area contributed by atoms with Crippen molar-refractivity contribution >= 4 is 16.2 Å². The lowest BCUT2D eigenvalue weighted by atomic mass is 10.0. The fourth-order valence-corrected chi connectivity index (χ4v) is 3.52. The summed E-state index contributed by atoms with van der Waals surface area (Å²) in [5.41, 5.74) is -2.10. The number of hydrogen-bond acceptors (Lipinski definition) is 3. The monoisotopic (exact) mass is 495 g/mol. The minimum Gasteiger partial charge on any atom is -0.367 e. The largest absolute Gasteiger partial charge is 0.416 e. The smallest absolute Gasteiger partial charge is 0.367 e. The molecule has 0 radical (unpaired) electrons. The van der Waals surface area contributed by atoms with E-state index in [1.54, 1.807) is 36.6 Å². The van der Waals surface area contributed by atoms with Gasteiger partial charge in [0.25, 0.3) is 0 Å². The van der Waals surface area contributed by atoms with Crippen molar-refractivity contribution in [2.75, 3.05) is 12.9 Å². The molecule has 0 spiro atoms. The summed E-state index contributed by atoms with van der Waals surface area (Å²) in [7, 11) is -2.50. The van der Waals surface area contributed by atoms with Crippen molar-refractivity contribution in [3.05, 3.63) is 70.8 Å². The lowest BCUT2D eigenvalue weighted by Crippen LogP contribution is -2.24. The van der Waals surface area contributed by atoms with E-state index in [2.05, 4.69) is 4.40 Å². The predicted molar refractivity (Wildman–Crippen MR) is 120 cm³/mol. The average molecular weight is 496 g/mol. The first kappa shape index (κ1) is 27.2. The van der Waals surface area contributed by atoms with Crippen molar-refractivity contribution in [2.24, 2.45) is 4.40 Å². The van der Waals surface area contributed by atoms with E-state index in [0.29, 0.717) is 23.4 Å². The molecule has 33 heavy (non-hydrogen) atoms. The number of ether oxygens (including phenoxy) is 1. The number of halogens is 6. The number of alkyl halides is 6. The Morgan fingerprint density at radius 1 is 0.939 bits per heavy atom. The average Bonchev–Trinajstić information content (AvgIpc) is 2.69. The van der Waals surface area contributed by atoms with Crippen LogP contribution in [-0.2, 0) is 17.1 Å². The van der Waals surface area contributed by atoms with Gasteiger partial charge in [-0.3, -0.25) is 0 Å². The molecule has 0 bridgehead atoms. The van der Waals surface area contributed by atoms with Gasteiger partial charge in [-0.2, -0.15) is 26.3 Å². The van der Waals surface area contributed by atoms with Crippen molar-refractivity contribution in [3.63, 3.8) is 0 Å². The van der Waals surface area contributed by atoms with Gasteiger partial charge in [0.15, 0.2) is 0 Å². The molecule has 2 aromatic carbocycles. The van der Waals surface area contributed by atoms with Crippen LogP contribution in [0.1, 0.15) is 56.1 Å². The highest BCUT2D eigenvalue weighted by molar-refractivity contribution is 8.28. The molecular formula is C23H27F6NO2S. The molecule has 0 aliphatic heterocycles. The number of benzene rings is 2. The molecule has 2 aromatic rings. The number of rotatable bonds is 6. The van der Waals surface area contributed by atoms with E-state index in [1.165, 1.54) is 6.92 Å². The Morgan fingerprint density at radius 3 is 1.85 bits per heavy atom. The quantitative estimate of drug-likeness (QED) is 0.327. The molecule has 10 heteroatoms. The van der Waals surface area contributed by atoms with Gasteiger partial charge < -0.3 is 9.29 Å². The first-order chi connectivity index (χ1) is 14.9. The van der Waals surface area contributed by atoms with Gasteiger partial charge in [-0.15, -0.1) is 0 Å². The third-order valence-corrected chi connectivity index (χ3v) is 8.00. The summed E-state index contributed by atoms with van der Waals surface area (Å²) in [6.07, 6.45) is -9.39. The second-order valence-corrected chi connectivity index (χ2v) is 11.7. The Labute approximate surface area is 191 Å². The summed E-state index contributed by atoms with van der Waals surface area (Å²) in [5.74, 6) is 0. The third kappa shape index (κ3) is 7.22. The fraction of sp³-hybridized carbons (Fsp3) is 0.435. The molecule has 0 saturated heterocycles. The van der Waals surface area contributed by atoms with E-state index in [-0.39, 0.29) is 18.2 Å². The van der Waals surface area contributed by atoms with Gasteiger partial charge in [-0.25, -0.2) is 4.40 Å². The second kappa shape index (κ2) is 9.68. The van der Waals surface area contributed by atoms with Crippen LogP contribution in [0.5, 0.6) is 0 Å². The van der Waals surface area contributed by atoms with Crippen LogP contribution in [-0.4, -0.2) is 27.9 Å².